The summed E-state index contributed by atoms with van der Waals surface area (Å²) >= 11 is 0. The first-order valence-corrected chi connectivity index (χ1v) is 9.64. The zero-order valence-electron chi connectivity index (χ0n) is 16.1. The van der Waals surface area contributed by atoms with Crippen molar-refractivity contribution in [2.24, 2.45) is 5.41 Å². The Kier molecular flexibility index (Phi) is 4.91. The number of benzene rings is 1. The SMILES string of the molecule is COc1cccc(CN2CC3(CCN(c4cccc(C#N)n4)CC3)CC2=O)c1. The molecule has 4 rings (SSSR count). The molecule has 0 N–H and O–H groups in total. The summed E-state index contributed by atoms with van der Waals surface area (Å²) in [6, 6.07) is 15.6. The van der Waals surface area contributed by atoms with E-state index < -0.39 is 0 Å². The lowest BCUT2D eigenvalue weighted by molar-refractivity contribution is -0.128. The molecule has 28 heavy (non-hydrogen) atoms. The van der Waals surface area contributed by atoms with Crippen LogP contribution in [0.5, 0.6) is 5.75 Å². The second-order valence-electron chi connectivity index (χ2n) is 7.76. The van der Waals surface area contributed by atoms with Gasteiger partial charge in [0.25, 0.3) is 0 Å². The number of nitrogens with zero attached hydrogens (tertiary/aromatic N) is 4. The lowest BCUT2D eigenvalue weighted by atomic mass is 9.77. The molecule has 1 amide bonds. The molecule has 1 spiro atoms. The van der Waals surface area contributed by atoms with Crippen LogP contribution >= 0.6 is 0 Å². The molecule has 6 heteroatoms. The average molecular weight is 376 g/mol. The smallest absolute Gasteiger partial charge is 0.223 e. The lowest BCUT2D eigenvalue weighted by Crippen LogP contribution is -2.42. The Hall–Kier alpha value is -3.07. The first kappa shape index (κ1) is 18.3. The molecule has 144 valence electrons. The molecule has 1 aromatic carbocycles. The summed E-state index contributed by atoms with van der Waals surface area (Å²) in [6.45, 7) is 3.17. The first-order valence-electron chi connectivity index (χ1n) is 9.64. The predicted molar refractivity (Wildman–Crippen MR) is 106 cm³/mol. The average Bonchev–Trinajstić information content (AvgIpc) is 3.03. The topological polar surface area (TPSA) is 69.5 Å². The Bertz CT molecular complexity index is 913. The van der Waals surface area contributed by atoms with Crippen LogP contribution in [0.2, 0.25) is 0 Å². The quantitative estimate of drug-likeness (QED) is 0.820. The predicted octanol–water partition coefficient (Wildman–Crippen LogP) is 2.98. The van der Waals surface area contributed by atoms with Gasteiger partial charge in [-0.25, -0.2) is 4.98 Å². The van der Waals surface area contributed by atoms with E-state index in [1.807, 2.05) is 41.3 Å². The molecule has 6 nitrogen and oxygen atoms in total. The fourth-order valence-corrected chi connectivity index (χ4v) is 4.32. The van der Waals surface area contributed by atoms with Crippen LogP contribution in [0.25, 0.3) is 0 Å². The fourth-order valence-electron chi connectivity index (χ4n) is 4.32. The van der Waals surface area contributed by atoms with E-state index in [9.17, 15) is 4.79 Å². The molecule has 2 saturated heterocycles. The number of nitriles is 1. The van der Waals surface area contributed by atoms with Crippen molar-refractivity contribution in [1.29, 1.82) is 5.26 Å². The third-order valence-electron chi connectivity index (χ3n) is 5.91. The highest BCUT2D eigenvalue weighted by molar-refractivity contribution is 5.79. The molecular weight excluding hydrogens is 352 g/mol. The van der Waals surface area contributed by atoms with E-state index in [1.165, 1.54) is 0 Å². The van der Waals surface area contributed by atoms with Gasteiger partial charge in [-0.05, 0) is 42.7 Å². The number of likely N-dealkylation sites (tertiary alicyclic amines) is 1. The molecule has 0 aliphatic carbocycles. The van der Waals surface area contributed by atoms with Crippen LogP contribution in [-0.4, -0.2) is 42.5 Å². The van der Waals surface area contributed by atoms with Crippen LogP contribution in [0.15, 0.2) is 42.5 Å². The van der Waals surface area contributed by atoms with E-state index in [1.54, 1.807) is 13.2 Å². The van der Waals surface area contributed by atoms with Gasteiger partial charge in [-0.2, -0.15) is 5.26 Å². The number of anilines is 1. The van der Waals surface area contributed by atoms with E-state index >= 15 is 0 Å². The number of carbonyl (C=O) groups is 1. The van der Waals surface area contributed by atoms with Gasteiger partial charge in [-0.3, -0.25) is 4.79 Å². The monoisotopic (exact) mass is 376 g/mol. The van der Waals surface area contributed by atoms with Crippen LogP contribution in [0.1, 0.15) is 30.5 Å². The van der Waals surface area contributed by atoms with E-state index in [0.717, 1.165) is 49.6 Å². The minimum Gasteiger partial charge on any atom is -0.497 e. The third-order valence-corrected chi connectivity index (χ3v) is 5.91. The maximum Gasteiger partial charge on any atom is 0.223 e. The summed E-state index contributed by atoms with van der Waals surface area (Å²) in [5.74, 6) is 1.91. The highest BCUT2D eigenvalue weighted by Crippen LogP contribution is 2.42. The third kappa shape index (κ3) is 3.65. The Morgan fingerprint density at radius 3 is 2.75 bits per heavy atom. The van der Waals surface area contributed by atoms with Gasteiger partial charge in [0.15, 0.2) is 0 Å². The van der Waals surface area contributed by atoms with Gasteiger partial charge in [0, 0.05) is 38.0 Å². The van der Waals surface area contributed by atoms with Crippen molar-refractivity contribution < 1.29 is 9.53 Å². The fraction of sp³-hybridized carbons (Fsp3) is 0.409. The van der Waals surface area contributed by atoms with Gasteiger partial charge in [0.05, 0.1) is 7.11 Å². The number of amides is 1. The summed E-state index contributed by atoms with van der Waals surface area (Å²) < 4.78 is 5.29. The van der Waals surface area contributed by atoms with E-state index in [4.69, 9.17) is 10.00 Å². The molecule has 2 aliphatic rings. The number of piperidine rings is 1. The molecule has 1 aromatic heterocycles. The van der Waals surface area contributed by atoms with Gasteiger partial charge < -0.3 is 14.5 Å². The molecule has 0 atom stereocenters. The van der Waals surface area contributed by atoms with E-state index in [-0.39, 0.29) is 11.3 Å². The lowest BCUT2D eigenvalue weighted by Gasteiger charge is -2.39. The van der Waals surface area contributed by atoms with Crippen molar-refractivity contribution in [1.82, 2.24) is 9.88 Å². The Balaban J connectivity index is 1.40. The summed E-state index contributed by atoms with van der Waals surface area (Å²) in [5, 5.41) is 9.06. The van der Waals surface area contributed by atoms with Crippen molar-refractivity contribution in [3.05, 3.63) is 53.7 Å². The largest absolute Gasteiger partial charge is 0.497 e. The van der Waals surface area contributed by atoms with Gasteiger partial charge >= 0.3 is 0 Å². The molecule has 0 bridgehead atoms. The van der Waals surface area contributed by atoms with Crippen molar-refractivity contribution in [2.45, 2.75) is 25.8 Å². The van der Waals surface area contributed by atoms with Crippen LogP contribution in [0.4, 0.5) is 5.82 Å². The van der Waals surface area contributed by atoms with Crippen molar-refractivity contribution in [2.75, 3.05) is 31.6 Å². The zero-order chi connectivity index (χ0) is 19.6. The van der Waals surface area contributed by atoms with Crippen molar-refractivity contribution in [3.8, 4) is 11.8 Å². The molecule has 0 saturated carbocycles. The van der Waals surface area contributed by atoms with Gasteiger partial charge in [-0.1, -0.05) is 18.2 Å². The van der Waals surface area contributed by atoms with Gasteiger partial charge in [0.1, 0.15) is 23.3 Å². The van der Waals surface area contributed by atoms with Crippen LogP contribution in [-0.2, 0) is 11.3 Å². The van der Waals surface area contributed by atoms with Gasteiger partial charge in [-0.15, -0.1) is 0 Å². The van der Waals surface area contributed by atoms with Gasteiger partial charge in [0.2, 0.25) is 5.91 Å². The number of carbonyl (C=O) groups excluding carboxylic acids is 1. The standard InChI is InChI=1S/C22H24N4O2/c1-28-19-6-2-4-17(12-19)15-26-16-22(13-21(26)27)8-10-25(11-9-22)20-7-3-5-18(14-23)24-20/h2-7,12H,8-11,13,15-16H2,1H3. The van der Waals surface area contributed by atoms with E-state index in [0.29, 0.717) is 18.7 Å². The normalized spacial score (nSPS) is 18.4. The number of aromatic nitrogens is 1. The highest BCUT2D eigenvalue weighted by atomic mass is 16.5. The van der Waals surface area contributed by atoms with Crippen molar-refractivity contribution >= 4 is 11.7 Å². The second-order valence-corrected chi connectivity index (χ2v) is 7.76. The van der Waals surface area contributed by atoms with Crippen LogP contribution in [0, 0.1) is 16.7 Å². The molecule has 0 radical (unpaired) electrons. The first-order chi connectivity index (χ1) is 13.6. The second kappa shape index (κ2) is 7.51. The summed E-state index contributed by atoms with van der Waals surface area (Å²) in [6.07, 6.45) is 2.55. The summed E-state index contributed by atoms with van der Waals surface area (Å²) in [4.78, 5) is 21.3. The number of pyridine rings is 1. The Labute approximate surface area is 165 Å². The van der Waals surface area contributed by atoms with Crippen LogP contribution < -0.4 is 9.64 Å². The maximum atomic E-state index is 12.7. The molecule has 2 fully saturated rings. The summed E-state index contributed by atoms with van der Waals surface area (Å²) in [5.41, 5.74) is 1.59. The summed E-state index contributed by atoms with van der Waals surface area (Å²) in [7, 11) is 1.66. The number of methoxy groups -OCH3 is 1. The molecular formula is C22H24N4O2. The molecule has 0 unspecified atom stereocenters. The maximum absolute atomic E-state index is 12.7. The van der Waals surface area contributed by atoms with Crippen molar-refractivity contribution in [3.63, 3.8) is 0 Å². The zero-order valence-corrected chi connectivity index (χ0v) is 16.1. The minimum absolute atomic E-state index is 0.0549. The molecule has 3 heterocycles. The number of hydrogen-bond acceptors (Lipinski definition) is 5. The molecule has 2 aliphatic heterocycles. The highest BCUT2D eigenvalue weighted by Gasteiger charge is 2.44. The minimum atomic E-state index is 0.0549. The Morgan fingerprint density at radius 1 is 1.21 bits per heavy atom. The van der Waals surface area contributed by atoms with Crippen LogP contribution in [0.3, 0.4) is 0 Å². The number of ether oxygens (including phenoxy) is 1. The molecule has 2 aromatic rings. The number of hydrogen-bond donors (Lipinski definition) is 0. The number of rotatable bonds is 4. The Morgan fingerprint density at radius 2 is 2.00 bits per heavy atom. The van der Waals surface area contributed by atoms with E-state index in [2.05, 4.69) is 16.0 Å².